The highest BCUT2D eigenvalue weighted by Gasteiger charge is 2.34. The molecule has 1 saturated heterocycles. The molecule has 0 spiro atoms. The number of carbonyl (C=O) groups is 3. The first-order valence-electron chi connectivity index (χ1n) is 12.8. The van der Waals surface area contributed by atoms with E-state index in [9.17, 15) is 14.4 Å². The van der Waals surface area contributed by atoms with Crippen LogP contribution in [0.25, 0.3) is 0 Å². The van der Waals surface area contributed by atoms with Crippen LogP contribution >= 0.6 is 0 Å². The quantitative estimate of drug-likeness (QED) is 0.561. The van der Waals surface area contributed by atoms with Gasteiger partial charge in [-0.2, -0.15) is 5.10 Å². The molecule has 2 aliphatic heterocycles. The molecule has 2 N–H and O–H groups in total. The van der Waals surface area contributed by atoms with Crippen molar-refractivity contribution in [2.75, 3.05) is 43.4 Å². The van der Waals surface area contributed by atoms with Crippen LogP contribution in [0.4, 0.5) is 11.5 Å². The molecule has 3 heterocycles. The lowest BCUT2D eigenvalue weighted by molar-refractivity contribution is -0.132. The number of Topliss-reactive ketones (excluding diaryl/α,β-unsaturated/α-hetero) is 1. The molecule has 3 aliphatic rings. The van der Waals surface area contributed by atoms with Crippen molar-refractivity contribution >= 4 is 29.1 Å². The Kier molecular flexibility index (Phi) is 6.00. The van der Waals surface area contributed by atoms with Crippen LogP contribution in [0.15, 0.2) is 48.5 Å². The Morgan fingerprint density at radius 3 is 2.57 bits per heavy atom. The number of likely N-dealkylation sites (N-methyl/N-ethyl adjacent to an activating group) is 1. The minimum Gasteiger partial charge on any atom is -0.369 e. The fourth-order valence-electron chi connectivity index (χ4n) is 5.56. The Morgan fingerprint density at radius 1 is 1.03 bits per heavy atom. The molecule has 2 amide bonds. The van der Waals surface area contributed by atoms with Gasteiger partial charge in [-0.15, -0.1) is 0 Å². The Labute approximate surface area is 215 Å². The number of H-pyrrole nitrogens is 1. The van der Waals surface area contributed by atoms with E-state index >= 15 is 0 Å². The Balaban J connectivity index is 1.08. The largest absolute Gasteiger partial charge is 0.369 e. The number of aromatic amines is 1. The monoisotopic (exact) mass is 498 g/mol. The average molecular weight is 499 g/mol. The van der Waals surface area contributed by atoms with Crippen molar-refractivity contribution in [3.8, 4) is 0 Å². The third-order valence-electron chi connectivity index (χ3n) is 7.79. The second-order valence-corrected chi connectivity index (χ2v) is 10.2. The van der Waals surface area contributed by atoms with Gasteiger partial charge in [-0.3, -0.25) is 19.5 Å². The lowest BCUT2D eigenvalue weighted by Crippen LogP contribution is -2.44. The highest BCUT2D eigenvalue weighted by atomic mass is 16.2. The van der Waals surface area contributed by atoms with Crippen LogP contribution in [-0.4, -0.2) is 70.8 Å². The molecule has 2 aromatic carbocycles. The number of anilines is 2. The minimum atomic E-state index is -0.231. The minimum absolute atomic E-state index is 0.00382. The van der Waals surface area contributed by atoms with Crippen LogP contribution in [0.5, 0.6) is 0 Å². The summed E-state index contributed by atoms with van der Waals surface area (Å²) in [6.45, 7) is 4.79. The molecule has 9 nitrogen and oxygen atoms in total. The summed E-state index contributed by atoms with van der Waals surface area (Å²) < 4.78 is 0. The number of hydrogen-bond acceptors (Lipinski definition) is 6. The number of benzene rings is 2. The van der Waals surface area contributed by atoms with Crippen LogP contribution in [0.2, 0.25) is 0 Å². The van der Waals surface area contributed by atoms with Gasteiger partial charge in [-0.05, 0) is 36.9 Å². The SMILES string of the molecule is CN1CCN(c2ccc(C(=O)Nc3n[nH]c4c3CN(C(=O)CC3CC(=O)c5ccccc53)C4)cc2)CC1. The Morgan fingerprint density at radius 2 is 1.78 bits per heavy atom. The van der Waals surface area contributed by atoms with Crippen molar-refractivity contribution in [1.82, 2.24) is 20.0 Å². The summed E-state index contributed by atoms with van der Waals surface area (Å²) in [5.74, 6) is 0.243. The normalized spacial score (nSPS) is 19.2. The summed E-state index contributed by atoms with van der Waals surface area (Å²) in [6, 6.07) is 15.2. The average Bonchev–Trinajstić information content (AvgIpc) is 3.59. The third-order valence-corrected chi connectivity index (χ3v) is 7.79. The first-order valence-corrected chi connectivity index (χ1v) is 12.8. The predicted octanol–water partition coefficient (Wildman–Crippen LogP) is 3.02. The molecule has 6 rings (SSSR count). The molecule has 37 heavy (non-hydrogen) atoms. The number of aromatic nitrogens is 2. The molecule has 1 atom stereocenters. The van der Waals surface area contributed by atoms with E-state index in [2.05, 4.69) is 32.4 Å². The van der Waals surface area contributed by atoms with E-state index in [1.807, 2.05) is 48.5 Å². The molecule has 1 unspecified atom stereocenters. The maximum absolute atomic E-state index is 13.1. The van der Waals surface area contributed by atoms with Gasteiger partial charge in [0, 0.05) is 67.3 Å². The third kappa shape index (κ3) is 4.51. The highest BCUT2D eigenvalue weighted by Crippen LogP contribution is 2.37. The van der Waals surface area contributed by atoms with Gasteiger partial charge in [0.1, 0.15) is 0 Å². The summed E-state index contributed by atoms with van der Waals surface area (Å²) in [7, 11) is 2.13. The van der Waals surface area contributed by atoms with E-state index < -0.39 is 0 Å². The molecule has 190 valence electrons. The Bertz CT molecular complexity index is 1360. The number of ketones is 1. The van der Waals surface area contributed by atoms with Gasteiger partial charge in [0.25, 0.3) is 5.91 Å². The molecule has 0 saturated carbocycles. The lowest BCUT2D eigenvalue weighted by Gasteiger charge is -2.34. The van der Waals surface area contributed by atoms with Gasteiger partial charge in [0.05, 0.1) is 18.8 Å². The van der Waals surface area contributed by atoms with Crippen molar-refractivity contribution < 1.29 is 14.4 Å². The second-order valence-electron chi connectivity index (χ2n) is 10.2. The van der Waals surface area contributed by atoms with Crippen molar-refractivity contribution in [2.45, 2.75) is 31.8 Å². The first kappa shape index (κ1) is 23.4. The van der Waals surface area contributed by atoms with Gasteiger partial charge in [0.2, 0.25) is 5.91 Å². The highest BCUT2D eigenvalue weighted by molar-refractivity contribution is 6.04. The number of fused-ring (bicyclic) bond motifs is 2. The maximum atomic E-state index is 13.1. The number of piperazine rings is 1. The van der Waals surface area contributed by atoms with Crippen LogP contribution in [0.3, 0.4) is 0 Å². The molecular weight excluding hydrogens is 468 g/mol. The molecule has 0 bridgehead atoms. The zero-order valence-corrected chi connectivity index (χ0v) is 20.9. The maximum Gasteiger partial charge on any atom is 0.256 e. The van der Waals surface area contributed by atoms with Crippen molar-refractivity contribution in [3.05, 3.63) is 76.5 Å². The predicted molar refractivity (Wildman–Crippen MR) is 140 cm³/mol. The molecule has 1 aliphatic carbocycles. The summed E-state index contributed by atoms with van der Waals surface area (Å²) in [6.07, 6.45) is 0.669. The number of carbonyl (C=O) groups excluding carboxylic acids is 3. The summed E-state index contributed by atoms with van der Waals surface area (Å²) in [4.78, 5) is 44.7. The van der Waals surface area contributed by atoms with Crippen LogP contribution in [-0.2, 0) is 17.9 Å². The van der Waals surface area contributed by atoms with E-state index in [0.29, 0.717) is 37.3 Å². The zero-order valence-electron chi connectivity index (χ0n) is 20.9. The van der Waals surface area contributed by atoms with Crippen LogP contribution < -0.4 is 10.2 Å². The topological polar surface area (TPSA) is 102 Å². The standard InChI is InChI=1S/C28H30N6O3/c1-32-10-12-33(13-11-32)20-8-6-18(7-9-20)28(37)29-27-23-16-34(17-24(23)30-31-27)26(36)15-19-14-25(35)22-5-3-2-4-21(19)22/h2-9,19H,10-17H2,1H3,(H2,29,30,31,37). The summed E-state index contributed by atoms with van der Waals surface area (Å²) in [5, 5.41) is 10.2. The molecule has 3 aromatic rings. The fourth-order valence-corrected chi connectivity index (χ4v) is 5.56. The summed E-state index contributed by atoms with van der Waals surface area (Å²) >= 11 is 0. The smallest absolute Gasteiger partial charge is 0.256 e. The summed E-state index contributed by atoms with van der Waals surface area (Å²) in [5.41, 5.74) is 5.04. The first-order chi connectivity index (χ1) is 18.0. The van der Waals surface area contributed by atoms with Gasteiger partial charge in [-0.25, -0.2) is 0 Å². The van der Waals surface area contributed by atoms with Crippen molar-refractivity contribution in [3.63, 3.8) is 0 Å². The van der Waals surface area contributed by atoms with Gasteiger partial charge in [0.15, 0.2) is 11.6 Å². The van der Waals surface area contributed by atoms with Gasteiger partial charge < -0.3 is 20.0 Å². The fraction of sp³-hybridized carbons (Fsp3) is 0.357. The van der Waals surface area contributed by atoms with Crippen LogP contribution in [0, 0.1) is 0 Å². The van der Waals surface area contributed by atoms with Crippen molar-refractivity contribution in [2.24, 2.45) is 0 Å². The van der Waals surface area contributed by atoms with Gasteiger partial charge in [-0.1, -0.05) is 24.3 Å². The number of amides is 2. The van der Waals surface area contributed by atoms with Crippen molar-refractivity contribution in [1.29, 1.82) is 0 Å². The van der Waals surface area contributed by atoms with E-state index in [0.717, 1.165) is 54.3 Å². The van der Waals surface area contributed by atoms with E-state index in [1.165, 1.54) is 0 Å². The second kappa shape index (κ2) is 9.48. The lowest BCUT2D eigenvalue weighted by atomic mass is 9.97. The molecule has 1 fully saturated rings. The molecular formula is C28H30N6O3. The Hall–Kier alpha value is -3.98. The van der Waals surface area contributed by atoms with Crippen LogP contribution in [0.1, 0.15) is 56.3 Å². The molecule has 0 radical (unpaired) electrons. The number of rotatable bonds is 5. The number of nitrogens with zero attached hydrogens (tertiary/aromatic N) is 4. The zero-order chi connectivity index (χ0) is 25.5. The van der Waals surface area contributed by atoms with Gasteiger partial charge >= 0.3 is 0 Å². The van der Waals surface area contributed by atoms with E-state index in [4.69, 9.17) is 0 Å². The van der Waals surface area contributed by atoms with E-state index in [1.54, 1.807) is 4.90 Å². The number of hydrogen-bond donors (Lipinski definition) is 2. The molecule has 9 heteroatoms. The number of nitrogens with one attached hydrogen (secondary N) is 2. The molecule has 1 aromatic heterocycles. The van der Waals surface area contributed by atoms with E-state index in [-0.39, 0.29) is 23.5 Å².